The highest BCUT2D eigenvalue weighted by Crippen LogP contribution is 2.29. The summed E-state index contributed by atoms with van der Waals surface area (Å²) >= 11 is 1.47. The third-order valence-electron chi connectivity index (χ3n) is 3.15. The molecule has 0 atom stereocenters. The molecule has 1 aliphatic heterocycles. The fraction of sp³-hybridized carbons (Fsp3) is 0.667. The quantitative estimate of drug-likeness (QED) is 0.623. The first kappa shape index (κ1) is 17.1. The van der Waals surface area contributed by atoms with Crippen LogP contribution in [0.4, 0.5) is 14.7 Å². The molecule has 0 aliphatic carbocycles. The topological polar surface area (TPSA) is 41.4 Å². The number of aryl methyl sites for hydroxylation is 1. The Labute approximate surface area is 134 Å². The fourth-order valence-electron chi connectivity index (χ4n) is 2.06. The zero-order chi connectivity index (χ0) is 16.4. The van der Waals surface area contributed by atoms with Crippen molar-refractivity contribution in [1.82, 2.24) is 9.97 Å². The number of piperidine rings is 1. The van der Waals surface area contributed by atoms with E-state index < -0.39 is 5.92 Å². The van der Waals surface area contributed by atoms with Gasteiger partial charge in [-0.25, -0.2) is 23.1 Å². The van der Waals surface area contributed by atoms with Crippen molar-refractivity contribution < 1.29 is 8.78 Å². The first-order chi connectivity index (χ1) is 10.1. The molecule has 0 N–H and O–H groups in total. The molecule has 122 valence electrons. The minimum Gasteiger partial charge on any atom is -0.340 e. The standard InChI is InChI=1S/C15H22F2N4S/c1-11-9-12(10-18-22-14(2,3)4)20-13(19-11)21-7-5-15(16,17)6-8-21/h9-10H,5-8H2,1-4H3. The van der Waals surface area contributed by atoms with Gasteiger partial charge < -0.3 is 4.90 Å². The Balaban J connectivity index is 2.10. The average Bonchev–Trinajstić information content (AvgIpc) is 2.36. The Morgan fingerprint density at radius 3 is 2.50 bits per heavy atom. The van der Waals surface area contributed by atoms with Crippen LogP contribution in [0.15, 0.2) is 10.5 Å². The van der Waals surface area contributed by atoms with Gasteiger partial charge in [0.25, 0.3) is 5.92 Å². The molecule has 4 nitrogen and oxygen atoms in total. The van der Waals surface area contributed by atoms with Gasteiger partial charge in [0.15, 0.2) is 0 Å². The number of nitrogens with zero attached hydrogens (tertiary/aromatic N) is 4. The lowest BCUT2D eigenvalue weighted by Crippen LogP contribution is -2.40. The second kappa shape index (κ2) is 6.48. The van der Waals surface area contributed by atoms with Crippen molar-refractivity contribution in [3.05, 3.63) is 17.5 Å². The molecule has 0 aromatic carbocycles. The number of aromatic nitrogens is 2. The van der Waals surface area contributed by atoms with E-state index >= 15 is 0 Å². The molecular weight excluding hydrogens is 306 g/mol. The highest BCUT2D eigenvalue weighted by molar-refractivity contribution is 7.99. The Bertz CT molecular complexity index is 545. The summed E-state index contributed by atoms with van der Waals surface area (Å²) in [6.45, 7) is 8.68. The number of alkyl halides is 2. The molecule has 0 radical (unpaired) electrons. The first-order valence-corrected chi connectivity index (χ1v) is 8.12. The van der Waals surface area contributed by atoms with Gasteiger partial charge in [0.1, 0.15) is 0 Å². The molecular formula is C15H22F2N4S. The van der Waals surface area contributed by atoms with Gasteiger partial charge in [-0.15, -0.1) is 0 Å². The summed E-state index contributed by atoms with van der Waals surface area (Å²) in [4.78, 5) is 10.6. The molecule has 2 heterocycles. The third kappa shape index (κ3) is 5.19. The maximum absolute atomic E-state index is 13.2. The van der Waals surface area contributed by atoms with Crippen molar-refractivity contribution in [2.24, 2.45) is 4.40 Å². The molecule has 0 spiro atoms. The van der Waals surface area contributed by atoms with Gasteiger partial charge in [-0.05, 0) is 45.7 Å². The van der Waals surface area contributed by atoms with Crippen molar-refractivity contribution in [1.29, 1.82) is 0 Å². The third-order valence-corrected chi connectivity index (χ3v) is 3.91. The lowest BCUT2D eigenvalue weighted by molar-refractivity contribution is -0.0222. The summed E-state index contributed by atoms with van der Waals surface area (Å²) in [5, 5.41) is 0. The van der Waals surface area contributed by atoms with E-state index in [2.05, 4.69) is 35.1 Å². The molecule has 1 fully saturated rings. The number of hydrogen-bond donors (Lipinski definition) is 0. The summed E-state index contributed by atoms with van der Waals surface area (Å²) in [5.41, 5.74) is 1.51. The van der Waals surface area contributed by atoms with Crippen molar-refractivity contribution >= 4 is 24.1 Å². The predicted octanol–water partition coefficient (Wildman–Crippen LogP) is 3.89. The fourth-order valence-corrected chi connectivity index (χ4v) is 2.53. The van der Waals surface area contributed by atoms with E-state index in [-0.39, 0.29) is 30.7 Å². The molecule has 22 heavy (non-hydrogen) atoms. The summed E-state index contributed by atoms with van der Waals surface area (Å²) < 4.78 is 30.8. The van der Waals surface area contributed by atoms with Gasteiger partial charge in [-0.1, -0.05) is 0 Å². The Morgan fingerprint density at radius 1 is 1.27 bits per heavy atom. The lowest BCUT2D eigenvalue weighted by Gasteiger charge is -2.31. The van der Waals surface area contributed by atoms with Crippen molar-refractivity contribution in [2.45, 2.75) is 51.2 Å². The van der Waals surface area contributed by atoms with Crippen LogP contribution in [0, 0.1) is 6.92 Å². The Morgan fingerprint density at radius 2 is 1.91 bits per heavy atom. The largest absolute Gasteiger partial charge is 0.340 e. The molecule has 0 saturated carbocycles. The molecule has 7 heteroatoms. The molecule has 2 rings (SSSR count). The maximum Gasteiger partial charge on any atom is 0.251 e. The Kier molecular flexibility index (Phi) is 5.04. The first-order valence-electron chi connectivity index (χ1n) is 7.35. The van der Waals surface area contributed by atoms with Gasteiger partial charge in [-0.3, -0.25) is 0 Å². The van der Waals surface area contributed by atoms with Crippen molar-refractivity contribution in [2.75, 3.05) is 18.0 Å². The van der Waals surface area contributed by atoms with Crippen LogP contribution in [0.3, 0.4) is 0 Å². The van der Waals surface area contributed by atoms with Crippen LogP contribution in [-0.4, -0.2) is 39.9 Å². The monoisotopic (exact) mass is 328 g/mol. The van der Waals surface area contributed by atoms with Gasteiger partial charge in [0.2, 0.25) is 5.95 Å². The van der Waals surface area contributed by atoms with Crippen LogP contribution in [0.5, 0.6) is 0 Å². The number of rotatable bonds is 3. The summed E-state index contributed by atoms with van der Waals surface area (Å²) in [7, 11) is 0. The summed E-state index contributed by atoms with van der Waals surface area (Å²) in [5.74, 6) is -2.05. The second-order valence-electron chi connectivity index (χ2n) is 6.52. The molecule has 1 aromatic rings. The van der Waals surface area contributed by atoms with E-state index in [4.69, 9.17) is 0 Å². The number of halogens is 2. The lowest BCUT2D eigenvalue weighted by atomic mass is 10.1. The summed E-state index contributed by atoms with van der Waals surface area (Å²) in [6, 6.07) is 1.84. The molecule has 0 unspecified atom stereocenters. The zero-order valence-corrected chi connectivity index (χ0v) is 14.3. The minimum absolute atomic E-state index is 0.0415. The number of hydrogen-bond acceptors (Lipinski definition) is 5. The SMILES string of the molecule is Cc1cc(C=NSC(C)(C)C)nc(N2CCC(F)(F)CC2)n1. The van der Waals surface area contributed by atoms with Gasteiger partial charge in [-0.2, -0.15) is 0 Å². The Hall–Kier alpha value is -1.24. The molecule has 0 amide bonds. The normalized spacial score (nSPS) is 18.9. The molecule has 1 aromatic heterocycles. The summed E-state index contributed by atoms with van der Waals surface area (Å²) in [6.07, 6.45) is 1.41. The van der Waals surface area contributed by atoms with E-state index in [1.54, 1.807) is 6.21 Å². The van der Waals surface area contributed by atoms with Gasteiger partial charge >= 0.3 is 0 Å². The maximum atomic E-state index is 13.2. The van der Waals surface area contributed by atoms with E-state index in [9.17, 15) is 8.78 Å². The smallest absolute Gasteiger partial charge is 0.251 e. The van der Waals surface area contributed by atoms with Crippen LogP contribution >= 0.6 is 11.9 Å². The van der Waals surface area contributed by atoms with Gasteiger partial charge in [0.05, 0.1) is 11.9 Å². The van der Waals surface area contributed by atoms with E-state index in [0.717, 1.165) is 5.69 Å². The van der Waals surface area contributed by atoms with Crippen LogP contribution in [0.25, 0.3) is 0 Å². The highest BCUT2D eigenvalue weighted by atomic mass is 32.2. The minimum atomic E-state index is -2.56. The highest BCUT2D eigenvalue weighted by Gasteiger charge is 2.34. The number of anilines is 1. The van der Waals surface area contributed by atoms with Crippen LogP contribution in [0.1, 0.15) is 45.0 Å². The van der Waals surface area contributed by atoms with Crippen molar-refractivity contribution in [3.63, 3.8) is 0 Å². The predicted molar refractivity (Wildman–Crippen MR) is 88.1 cm³/mol. The van der Waals surface area contributed by atoms with E-state index in [0.29, 0.717) is 11.6 Å². The molecule has 1 saturated heterocycles. The van der Waals surface area contributed by atoms with Gasteiger partial charge in [0, 0.05) is 36.4 Å². The molecule has 1 aliphatic rings. The van der Waals surface area contributed by atoms with Crippen molar-refractivity contribution in [3.8, 4) is 0 Å². The second-order valence-corrected chi connectivity index (χ2v) is 8.13. The van der Waals surface area contributed by atoms with Crippen LogP contribution in [-0.2, 0) is 0 Å². The zero-order valence-electron chi connectivity index (χ0n) is 13.4. The average molecular weight is 328 g/mol. The molecule has 0 bridgehead atoms. The van der Waals surface area contributed by atoms with Crippen LogP contribution in [0.2, 0.25) is 0 Å². The van der Waals surface area contributed by atoms with E-state index in [1.807, 2.05) is 17.9 Å². The van der Waals surface area contributed by atoms with E-state index in [1.165, 1.54) is 11.9 Å². The van der Waals surface area contributed by atoms with Crippen LogP contribution < -0.4 is 4.90 Å².